The third-order valence-corrected chi connectivity index (χ3v) is 6.01. The van der Waals surface area contributed by atoms with Crippen molar-refractivity contribution in [1.82, 2.24) is 9.88 Å². The first-order valence-electron chi connectivity index (χ1n) is 11.9. The van der Waals surface area contributed by atoms with Gasteiger partial charge in [-0.1, -0.05) is 36.4 Å². The molecule has 3 aromatic carbocycles. The van der Waals surface area contributed by atoms with E-state index in [4.69, 9.17) is 9.90 Å². The van der Waals surface area contributed by atoms with Gasteiger partial charge in [0.25, 0.3) is 5.91 Å². The summed E-state index contributed by atoms with van der Waals surface area (Å²) >= 11 is 0. The Bertz CT molecular complexity index is 1520. The second-order valence-corrected chi connectivity index (χ2v) is 9.10. The molecule has 4 aromatic rings. The van der Waals surface area contributed by atoms with E-state index in [0.717, 1.165) is 27.6 Å². The number of carbonyl (C=O) groups is 2. The van der Waals surface area contributed by atoms with E-state index in [1.54, 1.807) is 6.07 Å². The summed E-state index contributed by atoms with van der Waals surface area (Å²) in [5, 5.41) is 22.2. The van der Waals surface area contributed by atoms with Crippen LogP contribution in [0.1, 0.15) is 32.7 Å². The number of hydrogen-bond acceptors (Lipinski definition) is 4. The number of alkyl halides is 3. The molecule has 39 heavy (non-hydrogen) atoms. The zero-order valence-electron chi connectivity index (χ0n) is 21.6. The minimum Gasteiger partial charge on any atom is -0.542 e. The maximum absolute atomic E-state index is 13.2. The Hall–Kier alpha value is -4.62. The molecule has 202 valence electrons. The molecule has 0 fully saturated rings. The maximum Gasteiger partial charge on any atom is 0.430 e. The zero-order valence-corrected chi connectivity index (χ0v) is 21.6. The number of nitrogens with one attached hydrogen (secondary N) is 2. The first-order valence-corrected chi connectivity index (χ1v) is 11.9. The zero-order chi connectivity index (χ0) is 28.7. The molecule has 0 spiro atoms. The number of benzene rings is 3. The van der Waals surface area contributed by atoms with Crippen LogP contribution in [0.3, 0.4) is 0 Å². The van der Waals surface area contributed by atoms with Gasteiger partial charge >= 0.3 is 6.18 Å². The van der Waals surface area contributed by atoms with Gasteiger partial charge in [-0.05, 0) is 60.0 Å². The predicted octanol–water partition coefficient (Wildman–Crippen LogP) is 2.87. The normalized spacial score (nSPS) is 11.0. The predicted molar refractivity (Wildman–Crippen MR) is 138 cm³/mol. The smallest absolute Gasteiger partial charge is 0.430 e. The first-order chi connectivity index (χ1) is 18.4. The van der Waals surface area contributed by atoms with Gasteiger partial charge in [-0.15, -0.1) is 0 Å². The van der Waals surface area contributed by atoms with Gasteiger partial charge < -0.3 is 24.7 Å². The molecule has 0 aliphatic heterocycles. The van der Waals surface area contributed by atoms with E-state index in [-0.39, 0.29) is 5.91 Å². The largest absolute Gasteiger partial charge is 0.542 e. The molecule has 0 bridgehead atoms. The summed E-state index contributed by atoms with van der Waals surface area (Å²) in [5.41, 5.74) is 6.62. The van der Waals surface area contributed by atoms with Crippen molar-refractivity contribution in [2.45, 2.75) is 26.2 Å². The fourth-order valence-electron chi connectivity index (χ4n) is 3.94. The van der Waals surface area contributed by atoms with Crippen molar-refractivity contribution in [2.75, 3.05) is 14.1 Å². The van der Waals surface area contributed by atoms with Crippen molar-refractivity contribution < 1.29 is 32.8 Å². The minimum atomic E-state index is -5.19. The molecule has 0 radical (unpaired) electrons. The minimum absolute atomic E-state index is 0.112. The van der Waals surface area contributed by atoms with Crippen LogP contribution in [0.25, 0.3) is 10.9 Å². The number of aliphatic carboxylic acids is 1. The van der Waals surface area contributed by atoms with Gasteiger partial charge in [-0.3, -0.25) is 4.79 Å². The second-order valence-electron chi connectivity index (χ2n) is 9.10. The Balaban J connectivity index is 0.000000532. The number of fused-ring (bicyclic) bond motifs is 1. The molecule has 0 aliphatic carbocycles. The third kappa shape index (κ3) is 7.46. The Kier molecular flexibility index (Phi) is 9.12. The van der Waals surface area contributed by atoms with Crippen molar-refractivity contribution in [3.63, 3.8) is 0 Å². The summed E-state index contributed by atoms with van der Waals surface area (Å²) in [5.74, 6) is -3.12. The molecule has 1 heterocycles. The standard InChI is InChI=1S/C27H26N4O.C2HF3O2/c1-19-6-4-9-25-24(19)15-26(31(25)18-22-8-5-7-21(14-22)16-28)27(32)29-17-20-10-12-23(13-11-20)30(2)3;3-2(4,5)1(6)7/h4-15H,17-18H2,1-3H3,(H,29,32);(H,6,7). The van der Waals surface area contributed by atoms with Crippen LogP contribution in [0.4, 0.5) is 18.9 Å². The molecule has 2 N–H and O–H groups in total. The number of aryl methyl sites for hydroxylation is 1. The third-order valence-electron chi connectivity index (χ3n) is 6.01. The maximum atomic E-state index is 13.2. The van der Waals surface area contributed by atoms with Gasteiger partial charge in [0.1, 0.15) is 17.4 Å². The number of amides is 1. The van der Waals surface area contributed by atoms with E-state index < -0.39 is 12.1 Å². The van der Waals surface area contributed by atoms with E-state index in [1.165, 1.54) is 10.6 Å². The number of carboxylic acids is 1. The number of halogens is 3. The van der Waals surface area contributed by atoms with Gasteiger partial charge in [0.15, 0.2) is 0 Å². The van der Waals surface area contributed by atoms with Crippen LogP contribution < -0.4 is 15.3 Å². The molecular weight excluding hydrogens is 509 g/mol. The molecule has 0 saturated carbocycles. The van der Waals surface area contributed by atoms with Crippen LogP contribution in [0.15, 0.2) is 72.8 Å². The number of aromatic nitrogens is 1. The second kappa shape index (κ2) is 12.3. The number of hydrogen-bond donors (Lipinski definition) is 2. The quantitative estimate of drug-likeness (QED) is 0.396. The van der Waals surface area contributed by atoms with E-state index in [2.05, 4.69) is 62.7 Å². The lowest BCUT2D eigenvalue weighted by Gasteiger charge is -2.12. The molecule has 1 amide bonds. The summed E-state index contributed by atoms with van der Waals surface area (Å²) in [6.07, 6.45) is -5.19. The number of carboxylic acid groups (broad SMARTS) is 1. The van der Waals surface area contributed by atoms with E-state index >= 15 is 0 Å². The number of nitrogens with zero attached hydrogens (tertiary/aromatic N) is 2. The van der Waals surface area contributed by atoms with Gasteiger partial charge in [0.05, 0.1) is 25.7 Å². The van der Waals surface area contributed by atoms with E-state index in [1.807, 2.05) is 41.0 Å². The Morgan fingerprint density at radius 3 is 2.23 bits per heavy atom. The number of nitriles is 1. The Morgan fingerprint density at radius 2 is 1.64 bits per heavy atom. The van der Waals surface area contributed by atoms with Crippen LogP contribution in [-0.4, -0.2) is 36.7 Å². The number of quaternary nitrogens is 1. The fourth-order valence-corrected chi connectivity index (χ4v) is 3.94. The van der Waals surface area contributed by atoms with Crippen molar-refractivity contribution in [2.24, 2.45) is 0 Å². The Labute approximate surface area is 223 Å². The lowest BCUT2D eigenvalue weighted by Crippen LogP contribution is -3.00. The summed E-state index contributed by atoms with van der Waals surface area (Å²) in [4.78, 5) is 23.3. The molecule has 4 rings (SSSR count). The Morgan fingerprint density at radius 1 is 1.00 bits per heavy atom. The molecule has 0 atom stereocenters. The van der Waals surface area contributed by atoms with E-state index in [9.17, 15) is 23.2 Å². The molecule has 0 unspecified atom stereocenters. The van der Waals surface area contributed by atoms with Crippen molar-refractivity contribution >= 4 is 28.5 Å². The summed E-state index contributed by atoms with van der Waals surface area (Å²) in [6, 6.07) is 26.0. The van der Waals surface area contributed by atoms with Crippen molar-refractivity contribution in [3.8, 4) is 6.07 Å². The molecule has 0 aliphatic rings. The highest BCUT2D eigenvalue weighted by molar-refractivity contribution is 5.99. The molecule has 0 saturated heterocycles. The molecule has 1 aromatic heterocycles. The summed E-state index contributed by atoms with van der Waals surface area (Å²) in [6.45, 7) is 3.04. The first kappa shape index (κ1) is 28.9. The van der Waals surface area contributed by atoms with Crippen LogP contribution in [-0.2, 0) is 17.9 Å². The summed E-state index contributed by atoms with van der Waals surface area (Å²) < 4.78 is 33.6. The average molecular weight is 537 g/mol. The van der Waals surface area contributed by atoms with Crippen molar-refractivity contribution in [3.05, 3.63) is 101 Å². The lowest BCUT2D eigenvalue weighted by molar-refractivity contribution is -0.786. The summed E-state index contributed by atoms with van der Waals surface area (Å²) in [7, 11) is 4.17. The SMILES string of the molecule is Cc1cccc2c1cc(C(=O)NCc1ccc([NH+](C)C)cc1)n2Cc1cccc(C#N)c1.O=C([O-])C(F)(F)F. The van der Waals surface area contributed by atoms with Crippen LogP contribution in [0, 0.1) is 18.3 Å². The monoisotopic (exact) mass is 536 g/mol. The van der Waals surface area contributed by atoms with Crippen LogP contribution >= 0.6 is 0 Å². The molecule has 7 nitrogen and oxygen atoms in total. The number of rotatable bonds is 6. The van der Waals surface area contributed by atoms with Gasteiger partial charge in [0.2, 0.25) is 0 Å². The van der Waals surface area contributed by atoms with Gasteiger partial charge in [-0.2, -0.15) is 18.4 Å². The highest BCUT2D eigenvalue weighted by atomic mass is 19.4. The average Bonchev–Trinajstić information content (AvgIpc) is 3.27. The van der Waals surface area contributed by atoms with E-state index in [0.29, 0.717) is 24.3 Å². The van der Waals surface area contributed by atoms with Gasteiger partial charge in [0, 0.05) is 24.0 Å². The lowest BCUT2D eigenvalue weighted by atomic mass is 10.1. The molecular formula is C29H27F3N4O3. The molecule has 10 heteroatoms. The topological polar surface area (TPSA) is 102 Å². The van der Waals surface area contributed by atoms with Crippen LogP contribution in [0.2, 0.25) is 0 Å². The van der Waals surface area contributed by atoms with Gasteiger partial charge in [-0.25, -0.2) is 0 Å². The van der Waals surface area contributed by atoms with Crippen molar-refractivity contribution in [1.29, 1.82) is 5.26 Å². The number of carbonyl (C=O) groups excluding carboxylic acids is 2. The fraction of sp³-hybridized carbons (Fsp3) is 0.207. The van der Waals surface area contributed by atoms with Crippen LogP contribution in [0.5, 0.6) is 0 Å². The highest BCUT2D eigenvalue weighted by Gasteiger charge is 2.28. The highest BCUT2D eigenvalue weighted by Crippen LogP contribution is 2.25.